The highest BCUT2D eigenvalue weighted by molar-refractivity contribution is 14.0. The zero-order valence-electron chi connectivity index (χ0n) is 16.6. The minimum absolute atomic E-state index is 0. The highest BCUT2D eigenvalue weighted by Gasteiger charge is 2.19. The number of ether oxygens (including phenoxy) is 1. The van der Waals surface area contributed by atoms with Gasteiger partial charge in [0.25, 0.3) is 0 Å². The van der Waals surface area contributed by atoms with Crippen LogP contribution >= 0.6 is 35.3 Å². The van der Waals surface area contributed by atoms with E-state index in [0.717, 1.165) is 64.2 Å². The summed E-state index contributed by atoms with van der Waals surface area (Å²) in [4.78, 5) is 15.9. The van der Waals surface area contributed by atoms with Crippen LogP contribution in [0.25, 0.3) is 0 Å². The van der Waals surface area contributed by atoms with Crippen LogP contribution in [0.2, 0.25) is 0 Å². The van der Waals surface area contributed by atoms with E-state index in [0.29, 0.717) is 12.5 Å². The molecule has 2 saturated heterocycles. The zero-order valence-corrected chi connectivity index (χ0v) is 19.7. The van der Waals surface area contributed by atoms with Crippen molar-refractivity contribution in [3.05, 3.63) is 47.0 Å². The van der Waals surface area contributed by atoms with Crippen LogP contribution in [0, 0.1) is 0 Å². The van der Waals surface area contributed by atoms with Gasteiger partial charge in [-0.2, -0.15) is 0 Å². The number of rotatable bonds is 5. The third kappa shape index (κ3) is 6.27. The summed E-state index contributed by atoms with van der Waals surface area (Å²) >= 11 is 1.68. The van der Waals surface area contributed by atoms with E-state index in [1.165, 1.54) is 11.1 Å². The van der Waals surface area contributed by atoms with Crippen LogP contribution in [-0.4, -0.2) is 73.2 Å². The Morgan fingerprint density at radius 3 is 2.59 bits per heavy atom. The minimum Gasteiger partial charge on any atom is -0.379 e. The van der Waals surface area contributed by atoms with Gasteiger partial charge in [-0.05, 0) is 11.1 Å². The van der Waals surface area contributed by atoms with Crippen molar-refractivity contribution >= 4 is 46.4 Å². The second kappa shape index (κ2) is 11.1. The molecule has 2 aliphatic rings. The monoisotopic (exact) mass is 528 g/mol. The van der Waals surface area contributed by atoms with E-state index in [1.54, 1.807) is 11.3 Å². The third-order valence-corrected chi connectivity index (χ3v) is 6.05. The number of thiazole rings is 1. The van der Waals surface area contributed by atoms with Gasteiger partial charge in [0, 0.05) is 57.4 Å². The van der Waals surface area contributed by atoms with Crippen LogP contribution in [0.1, 0.15) is 11.1 Å². The first-order chi connectivity index (χ1) is 13.8. The fraction of sp³-hybridized carbons (Fsp3) is 0.500. The number of guanidine groups is 1. The smallest absolute Gasteiger partial charge is 0.191 e. The normalized spacial score (nSPS) is 18.6. The number of hydrogen-bond acceptors (Lipinski definition) is 6. The first-order valence-electron chi connectivity index (χ1n) is 9.85. The van der Waals surface area contributed by atoms with Crippen LogP contribution < -0.4 is 10.6 Å². The van der Waals surface area contributed by atoms with Crippen molar-refractivity contribution in [3.8, 4) is 0 Å². The predicted octanol–water partition coefficient (Wildman–Crippen LogP) is 2.23. The van der Waals surface area contributed by atoms with Gasteiger partial charge in [0.1, 0.15) is 0 Å². The quantitative estimate of drug-likeness (QED) is 0.365. The molecule has 0 bridgehead atoms. The summed E-state index contributed by atoms with van der Waals surface area (Å²) in [6, 6.07) is 8.67. The molecule has 2 N–H and O–H groups in total. The highest BCUT2D eigenvalue weighted by Crippen LogP contribution is 2.19. The summed E-state index contributed by atoms with van der Waals surface area (Å²) in [6.07, 6.45) is 1.86. The summed E-state index contributed by atoms with van der Waals surface area (Å²) < 4.78 is 5.43. The van der Waals surface area contributed by atoms with Crippen molar-refractivity contribution in [3.63, 3.8) is 0 Å². The molecule has 0 amide bonds. The number of morpholine rings is 1. The average Bonchev–Trinajstić information content (AvgIpc) is 3.28. The van der Waals surface area contributed by atoms with Crippen molar-refractivity contribution in [1.29, 1.82) is 0 Å². The Kier molecular flexibility index (Phi) is 8.52. The third-order valence-electron chi connectivity index (χ3n) is 5.22. The van der Waals surface area contributed by atoms with Gasteiger partial charge in [0.15, 0.2) is 11.1 Å². The maximum absolute atomic E-state index is 6.27. The predicted molar refractivity (Wildman–Crippen MR) is 129 cm³/mol. The Morgan fingerprint density at radius 2 is 1.86 bits per heavy atom. The lowest BCUT2D eigenvalue weighted by molar-refractivity contribution is 0.0342. The standard InChI is InChI=1S/C20H28N6OS.HI/c21-19(25-5-7-26(8-6-25)20-22-4-13-28-20)23-15-17-2-1-3-18(14-17)16-24-9-11-27-12-10-24;/h1-4,13-14H,5-12,15-16H2,(H2,21,23);1H. The fourth-order valence-electron chi connectivity index (χ4n) is 3.62. The number of aromatic nitrogens is 1. The number of piperazine rings is 1. The number of nitrogens with two attached hydrogens (primary N) is 1. The molecule has 158 valence electrons. The molecule has 0 spiro atoms. The summed E-state index contributed by atoms with van der Waals surface area (Å²) in [6.45, 7) is 8.87. The maximum Gasteiger partial charge on any atom is 0.191 e. The number of aliphatic imine (C=N–C) groups is 1. The Labute approximate surface area is 193 Å². The molecule has 9 heteroatoms. The van der Waals surface area contributed by atoms with Crippen molar-refractivity contribution in [2.45, 2.75) is 13.1 Å². The summed E-state index contributed by atoms with van der Waals surface area (Å²) in [5, 5.41) is 3.11. The van der Waals surface area contributed by atoms with Gasteiger partial charge < -0.3 is 20.3 Å². The fourth-order valence-corrected chi connectivity index (χ4v) is 4.31. The lowest BCUT2D eigenvalue weighted by Gasteiger charge is -2.35. The molecule has 3 heterocycles. The molecular formula is C20H29IN6OS. The minimum atomic E-state index is 0. The van der Waals surface area contributed by atoms with Crippen molar-refractivity contribution in [2.24, 2.45) is 10.7 Å². The van der Waals surface area contributed by atoms with Crippen LogP contribution in [-0.2, 0) is 17.8 Å². The molecule has 29 heavy (non-hydrogen) atoms. The number of benzene rings is 1. The first-order valence-corrected chi connectivity index (χ1v) is 10.7. The topological polar surface area (TPSA) is 70.2 Å². The zero-order chi connectivity index (χ0) is 19.2. The summed E-state index contributed by atoms with van der Waals surface area (Å²) in [7, 11) is 0. The number of anilines is 1. The highest BCUT2D eigenvalue weighted by atomic mass is 127. The molecule has 2 fully saturated rings. The van der Waals surface area contributed by atoms with Crippen LogP contribution in [0.5, 0.6) is 0 Å². The molecule has 0 saturated carbocycles. The van der Waals surface area contributed by atoms with Crippen molar-refractivity contribution < 1.29 is 4.74 Å². The maximum atomic E-state index is 6.27. The molecule has 1 aromatic carbocycles. The van der Waals surface area contributed by atoms with Gasteiger partial charge in [0.05, 0.1) is 19.8 Å². The molecule has 0 unspecified atom stereocenters. The summed E-state index contributed by atoms with van der Waals surface area (Å²) in [5.74, 6) is 0.636. The Bertz CT molecular complexity index is 773. The second-order valence-electron chi connectivity index (χ2n) is 7.17. The van der Waals surface area contributed by atoms with Crippen LogP contribution in [0.4, 0.5) is 5.13 Å². The van der Waals surface area contributed by atoms with Gasteiger partial charge in [-0.1, -0.05) is 24.3 Å². The van der Waals surface area contributed by atoms with Gasteiger partial charge in [-0.25, -0.2) is 9.98 Å². The van der Waals surface area contributed by atoms with Crippen LogP contribution in [0.3, 0.4) is 0 Å². The van der Waals surface area contributed by atoms with E-state index in [9.17, 15) is 0 Å². The lowest BCUT2D eigenvalue weighted by Crippen LogP contribution is -2.51. The largest absolute Gasteiger partial charge is 0.379 e. The number of halogens is 1. The van der Waals surface area contributed by atoms with E-state index in [2.05, 4.69) is 48.9 Å². The first kappa shape index (κ1) is 22.3. The number of hydrogen-bond donors (Lipinski definition) is 1. The molecule has 0 radical (unpaired) electrons. The van der Waals surface area contributed by atoms with E-state index in [1.807, 2.05) is 11.6 Å². The molecule has 7 nitrogen and oxygen atoms in total. The van der Waals surface area contributed by atoms with E-state index < -0.39 is 0 Å². The average molecular weight is 528 g/mol. The molecule has 0 aliphatic carbocycles. The molecule has 0 atom stereocenters. The molecule has 2 aliphatic heterocycles. The lowest BCUT2D eigenvalue weighted by atomic mass is 10.1. The second-order valence-corrected chi connectivity index (χ2v) is 8.04. The molecule has 2 aromatic rings. The van der Waals surface area contributed by atoms with Gasteiger partial charge >= 0.3 is 0 Å². The molecular weight excluding hydrogens is 499 g/mol. The molecule has 4 rings (SSSR count). The van der Waals surface area contributed by atoms with E-state index >= 15 is 0 Å². The van der Waals surface area contributed by atoms with E-state index in [-0.39, 0.29) is 24.0 Å². The van der Waals surface area contributed by atoms with Gasteiger partial charge in [0.2, 0.25) is 0 Å². The van der Waals surface area contributed by atoms with Crippen molar-refractivity contribution in [2.75, 3.05) is 57.4 Å². The van der Waals surface area contributed by atoms with Gasteiger partial charge in [-0.15, -0.1) is 35.3 Å². The Balaban J connectivity index is 0.00000240. The van der Waals surface area contributed by atoms with E-state index in [4.69, 9.17) is 10.5 Å². The SMILES string of the molecule is I.NC(=NCc1cccc(CN2CCOCC2)c1)N1CCN(c2nccs2)CC1. The summed E-state index contributed by atoms with van der Waals surface area (Å²) in [5.41, 5.74) is 8.80. The van der Waals surface area contributed by atoms with Crippen molar-refractivity contribution in [1.82, 2.24) is 14.8 Å². The molecule has 1 aromatic heterocycles. The Morgan fingerprint density at radius 1 is 1.10 bits per heavy atom. The van der Waals surface area contributed by atoms with Crippen LogP contribution in [0.15, 0.2) is 40.8 Å². The number of nitrogens with zero attached hydrogens (tertiary/aromatic N) is 5. The van der Waals surface area contributed by atoms with Gasteiger partial charge in [-0.3, -0.25) is 4.90 Å². The Hall–Kier alpha value is -1.43.